The number of benzene rings is 3. The summed E-state index contributed by atoms with van der Waals surface area (Å²) in [6.45, 7) is 2.33. The Morgan fingerprint density at radius 3 is 2.51 bits per heavy atom. The molecule has 1 atom stereocenters. The number of hydrogen-bond acceptors (Lipinski definition) is 3. The average molecular weight is 541 g/mol. The van der Waals surface area contributed by atoms with Crippen LogP contribution in [0.2, 0.25) is 5.02 Å². The van der Waals surface area contributed by atoms with E-state index in [4.69, 9.17) is 16.3 Å². The van der Waals surface area contributed by atoms with Crippen molar-refractivity contribution in [1.82, 2.24) is 9.47 Å². The molecular formula is C31H29ClN4O3. The van der Waals surface area contributed by atoms with Crippen molar-refractivity contribution in [3.63, 3.8) is 0 Å². The van der Waals surface area contributed by atoms with Crippen LogP contribution in [-0.4, -0.2) is 40.6 Å². The molecule has 1 N–H and O–H groups in total. The van der Waals surface area contributed by atoms with Gasteiger partial charge in [0.05, 0.1) is 29.4 Å². The summed E-state index contributed by atoms with van der Waals surface area (Å²) in [4.78, 5) is 31.3. The first kappa shape index (κ1) is 25.1. The standard InChI is InChI=1S/C31H29ClN4O3/c1-2-39-28-15-6-3-11-24(28)33-31(38)35(23-16-17-23)20-29(37)36-26-13-5-4-12-25(26)34-18-8-14-27(34)30(36)21-9-7-10-22(32)19-21/h3-15,18-19,23,30H,2,16-17,20H2,1H3,(H,33,38). The maximum atomic E-state index is 14.3. The molecule has 3 amide bonds. The second-order valence-electron chi connectivity index (χ2n) is 9.73. The minimum atomic E-state index is -0.399. The Morgan fingerprint density at radius 2 is 1.74 bits per heavy atom. The van der Waals surface area contributed by atoms with E-state index in [1.807, 2.05) is 96.9 Å². The van der Waals surface area contributed by atoms with Gasteiger partial charge in [0.1, 0.15) is 18.3 Å². The van der Waals surface area contributed by atoms with Crippen molar-refractivity contribution in [3.8, 4) is 11.4 Å². The minimum Gasteiger partial charge on any atom is -0.492 e. The van der Waals surface area contributed by atoms with Gasteiger partial charge in [-0.05, 0) is 73.9 Å². The van der Waals surface area contributed by atoms with E-state index in [2.05, 4.69) is 9.88 Å². The third kappa shape index (κ3) is 4.86. The van der Waals surface area contributed by atoms with Crippen LogP contribution < -0.4 is 15.0 Å². The first-order chi connectivity index (χ1) is 19.0. The van der Waals surface area contributed by atoms with Crippen molar-refractivity contribution in [2.24, 2.45) is 0 Å². The summed E-state index contributed by atoms with van der Waals surface area (Å²) in [7, 11) is 0. The Balaban J connectivity index is 1.35. The lowest BCUT2D eigenvalue weighted by Crippen LogP contribution is -2.48. The zero-order valence-corrected chi connectivity index (χ0v) is 22.3. The molecule has 198 valence electrons. The number of ether oxygens (including phenoxy) is 1. The third-order valence-electron chi connectivity index (χ3n) is 7.14. The quantitative estimate of drug-likeness (QED) is 0.285. The molecule has 0 spiro atoms. The lowest BCUT2D eigenvalue weighted by Gasteiger charge is -2.39. The maximum Gasteiger partial charge on any atom is 0.322 e. The van der Waals surface area contributed by atoms with Gasteiger partial charge in [0.25, 0.3) is 0 Å². The number of nitrogens with zero attached hydrogens (tertiary/aromatic N) is 3. The number of hydrogen-bond donors (Lipinski definition) is 1. The van der Waals surface area contributed by atoms with E-state index in [1.165, 1.54) is 0 Å². The summed E-state index contributed by atoms with van der Waals surface area (Å²) >= 11 is 6.40. The normalized spacial score (nSPS) is 15.7. The lowest BCUT2D eigenvalue weighted by atomic mass is 9.97. The van der Waals surface area contributed by atoms with Gasteiger partial charge in [-0.15, -0.1) is 0 Å². The van der Waals surface area contributed by atoms with Crippen molar-refractivity contribution < 1.29 is 14.3 Å². The lowest BCUT2D eigenvalue weighted by molar-refractivity contribution is -0.119. The highest BCUT2D eigenvalue weighted by Crippen LogP contribution is 2.43. The molecule has 1 fully saturated rings. The predicted molar refractivity (Wildman–Crippen MR) is 153 cm³/mol. The van der Waals surface area contributed by atoms with Crippen LogP contribution in [0.15, 0.2) is 91.1 Å². The number of urea groups is 1. The monoisotopic (exact) mass is 540 g/mol. The van der Waals surface area contributed by atoms with Gasteiger partial charge in [0, 0.05) is 17.3 Å². The number of carbonyl (C=O) groups excluding carboxylic acids is 2. The third-order valence-corrected chi connectivity index (χ3v) is 7.37. The fourth-order valence-corrected chi connectivity index (χ4v) is 5.47. The van der Waals surface area contributed by atoms with Gasteiger partial charge < -0.3 is 19.5 Å². The number of carbonyl (C=O) groups is 2. The molecule has 1 aromatic heterocycles. The van der Waals surface area contributed by atoms with Gasteiger partial charge in [0.2, 0.25) is 5.91 Å². The number of rotatable bonds is 7. The van der Waals surface area contributed by atoms with Crippen LogP contribution in [0.3, 0.4) is 0 Å². The topological polar surface area (TPSA) is 66.8 Å². The van der Waals surface area contributed by atoms with E-state index in [-0.39, 0.29) is 24.5 Å². The predicted octanol–water partition coefficient (Wildman–Crippen LogP) is 6.66. The molecule has 4 aromatic rings. The first-order valence-electron chi connectivity index (χ1n) is 13.2. The van der Waals surface area contributed by atoms with Gasteiger partial charge in [-0.2, -0.15) is 0 Å². The molecule has 1 unspecified atom stereocenters. The van der Waals surface area contributed by atoms with Crippen LogP contribution in [0, 0.1) is 0 Å². The first-order valence-corrected chi connectivity index (χ1v) is 13.6. The summed E-state index contributed by atoms with van der Waals surface area (Å²) in [5, 5.41) is 3.58. The van der Waals surface area contributed by atoms with Crippen molar-refractivity contribution in [2.75, 3.05) is 23.4 Å². The Morgan fingerprint density at radius 1 is 0.974 bits per heavy atom. The smallest absolute Gasteiger partial charge is 0.322 e. The summed E-state index contributed by atoms with van der Waals surface area (Å²) in [6.07, 6.45) is 3.74. The molecule has 1 saturated carbocycles. The number of halogens is 1. The number of amides is 3. The molecule has 7 nitrogen and oxygen atoms in total. The molecule has 2 aliphatic rings. The van der Waals surface area contributed by atoms with Gasteiger partial charge in [-0.3, -0.25) is 9.69 Å². The highest BCUT2D eigenvalue weighted by molar-refractivity contribution is 6.30. The summed E-state index contributed by atoms with van der Waals surface area (Å²) < 4.78 is 7.80. The molecular weight excluding hydrogens is 512 g/mol. The van der Waals surface area contributed by atoms with Crippen molar-refractivity contribution >= 4 is 34.9 Å². The number of nitrogens with one attached hydrogen (secondary N) is 1. The molecule has 6 rings (SSSR count). The zero-order valence-electron chi connectivity index (χ0n) is 21.6. The average Bonchev–Trinajstić information content (AvgIpc) is 3.67. The summed E-state index contributed by atoms with van der Waals surface area (Å²) in [6, 6.07) is 26.1. The van der Waals surface area contributed by atoms with E-state index in [9.17, 15) is 9.59 Å². The molecule has 1 aliphatic heterocycles. The zero-order chi connectivity index (χ0) is 26.9. The Labute approximate surface area is 232 Å². The maximum absolute atomic E-state index is 14.3. The van der Waals surface area contributed by atoms with E-state index in [0.717, 1.165) is 35.5 Å². The van der Waals surface area contributed by atoms with E-state index in [1.54, 1.807) is 11.0 Å². The Kier molecular flexibility index (Phi) is 6.75. The van der Waals surface area contributed by atoms with Crippen molar-refractivity contribution in [2.45, 2.75) is 31.8 Å². The number of para-hydroxylation sites is 4. The van der Waals surface area contributed by atoms with Crippen LogP contribution in [0.4, 0.5) is 16.2 Å². The van der Waals surface area contributed by atoms with Crippen LogP contribution in [0.25, 0.3) is 5.69 Å². The summed E-state index contributed by atoms with van der Waals surface area (Å²) in [5.74, 6) is 0.433. The van der Waals surface area contributed by atoms with E-state index >= 15 is 0 Å². The molecule has 3 aromatic carbocycles. The number of anilines is 2. The Hall–Kier alpha value is -4.23. The number of aromatic nitrogens is 1. The van der Waals surface area contributed by atoms with Crippen LogP contribution in [-0.2, 0) is 4.79 Å². The molecule has 39 heavy (non-hydrogen) atoms. The van der Waals surface area contributed by atoms with E-state index in [0.29, 0.717) is 23.1 Å². The highest BCUT2D eigenvalue weighted by Gasteiger charge is 2.40. The van der Waals surface area contributed by atoms with Crippen molar-refractivity contribution in [1.29, 1.82) is 0 Å². The largest absolute Gasteiger partial charge is 0.492 e. The Bertz CT molecular complexity index is 1530. The minimum absolute atomic E-state index is 0.0155. The molecule has 1 aliphatic carbocycles. The number of fused-ring (bicyclic) bond motifs is 3. The van der Waals surface area contributed by atoms with Gasteiger partial charge in [-0.25, -0.2) is 4.79 Å². The highest BCUT2D eigenvalue weighted by atomic mass is 35.5. The SMILES string of the molecule is CCOc1ccccc1NC(=O)N(CC(=O)N1c2ccccc2-n2cccc2C1c1cccc(Cl)c1)C1CC1. The van der Waals surface area contributed by atoms with E-state index < -0.39 is 6.04 Å². The van der Waals surface area contributed by atoms with Gasteiger partial charge in [-0.1, -0.05) is 48.0 Å². The van der Waals surface area contributed by atoms with Crippen molar-refractivity contribution in [3.05, 3.63) is 107 Å². The molecule has 8 heteroatoms. The van der Waals surface area contributed by atoms with Gasteiger partial charge >= 0.3 is 6.03 Å². The second-order valence-corrected chi connectivity index (χ2v) is 10.2. The molecule has 0 saturated heterocycles. The van der Waals surface area contributed by atoms with Crippen LogP contribution >= 0.6 is 11.6 Å². The van der Waals surface area contributed by atoms with Crippen LogP contribution in [0.1, 0.15) is 37.1 Å². The fourth-order valence-electron chi connectivity index (χ4n) is 5.27. The van der Waals surface area contributed by atoms with Crippen LogP contribution in [0.5, 0.6) is 5.75 Å². The molecule has 0 bridgehead atoms. The summed E-state index contributed by atoms with van der Waals surface area (Å²) in [5.41, 5.74) is 4.14. The second kappa shape index (κ2) is 10.5. The fraction of sp³-hybridized carbons (Fsp3) is 0.226. The molecule has 0 radical (unpaired) electrons. The molecule has 2 heterocycles. The van der Waals surface area contributed by atoms with Gasteiger partial charge in [0.15, 0.2) is 0 Å².